The van der Waals surface area contributed by atoms with Crippen LogP contribution in [0.2, 0.25) is 0 Å². The Morgan fingerprint density at radius 1 is 1.36 bits per heavy atom. The van der Waals surface area contributed by atoms with Gasteiger partial charge in [0.25, 0.3) is 0 Å². The summed E-state index contributed by atoms with van der Waals surface area (Å²) >= 11 is 1.97. The average molecular weight is 213 g/mol. The summed E-state index contributed by atoms with van der Waals surface area (Å²) < 4.78 is 0. The summed E-state index contributed by atoms with van der Waals surface area (Å²) in [5.41, 5.74) is 0.0575. The Morgan fingerprint density at radius 3 is 2.43 bits per heavy atom. The molecule has 0 aromatic rings. The maximum absolute atomic E-state index is 12.3. The zero-order chi connectivity index (χ0) is 10.0. The van der Waals surface area contributed by atoms with E-state index >= 15 is 0 Å². The van der Waals surface area contributed by atoms with E-state index < -0.39 is 0 Å². The van der Waals surface area contributed by atoms with Gasteiger partial charge in [0.05, 0.1) is 0 Å². The first kappa shape index (κ1) is 10.3. The summed E-state index contributed by atoms with van der Waals surface area (Å²) in [6, 6.07) is 0. The monoisotopic (exact) mass is 213 g/mol. The van der Waals surface area contributed by atoms with Crippen molar-refractivity contribution in [2.45, 2.75) is 32.6 Å². The van der Waals surface area contributed by atoms with Crippen molar-refractivity contribution in [3.63, 3.8) is 0 Å². The number of hydrogen-bond acceptors (Lipinski definition) is 2. The van der Waals surface area contributed by atoms with Gasteiger partial charge in [-0.3, -0.25) is 4.79 Å². The van der Waals surface area contributed by atoms with Gasteiger partial charge in [0.2, 0.25) is 5.91 Å². The second kappa shape index (κ2) is 4.13. The van der Waals surface area contributed by atoms with E-state index in [4.69, 9.17) is 0 Å². The number of thioether (sulfide) groups is 1. The summed E-state index contributed by atoms with van der Waals surface area (Å²) in [6.45, 7) is 4.12. The van der Waals surface area contributed by atoms with Gasteiger partial charge < -0.3 is 4.90 Å². The second-order valence-electron chi connectivity index (χ2n) is 4.39. The Balaban J connectivity index is 1.98. The molecule has 0 radical (unpaired) electrons. The Hall–Kier alpha value is -0.180. The molecule has 0 N–H and O–H groups in total. The van der Waals surface area contributed by atoms with E-state index in [0.717, 1.165) is 43.9 Å². The highest BCUT2D eigenvalue weighted by Gasteiger charge is 2.44. The molecule has 1 aliphatic heterocycles. The van der Waals surface area contributed by atoms with E-state index in [0.29, 0.717) is 5.91 Å². The number of amides is 1. The van der Waals surface area contributed by atoms with Crippen LogP contribution in [0.4, 0.5) is 0 Å². The fourth-order valence-corrected chi connectivity index (χ4v) is 3.33. The number of nitrogens with zero attached hydrogens (tertiary/aromatic N) is 1. The molecule has 80 valence electrons. The first-order chi connectivity index (χ1) is 6.78. The highest BCUT2D eigenvalue weighted by Crippen LogP contribution is 2.45. The van der Waals surface area contributed by atoms with Crippen molar-refractivity contribution in [1.29, 1.82) is 0 Å². The van der Waals surface area contributed by atoms with Crippen LogP contribution in [0.15, 0.2) is 0 Å². The van der Waals surface area contributed by atoms with Gasteiger partial charge in [0, 0.05) is 30.0 Å². The number of carbonyl (C=O) groups excluding carboxylic acids is 1. The maximum atomic E-state index is 12.3. The van der Waals surface area contributed by atoms with E-state index in [1.807, 2.05) is 11.8 Å². The van der Waals surface area contributed by atoms with Crippen LogP contribution in [0.1, 0.15) is 32.6 Å². The topological polar surface area (TPSA) is 20.3 Å². The van der Waals surface area contributed by atoms with E-state index in [9.17, 15) is 4.79 Å². The molecule has 0 aromatic heterocycles. The van der Waals surface area contributed by atoms with E-state index in [2.05, 4.69) is 11.8 Å². The van der Waals surface area contributed by atoms with Crippen LogP contribution < -0.4 is 0 Å². The Morgan fingerprint density at radius 2 is 2.00 bits per heavy atom. The predicted molar refractivity (Wildman–Crippen MR) is 60.5 cm³/mol. The molecule has 0 atom stereocenters. The molecule has 1 saturated carbocycles. The number of carbonyl (C=O) groups is 1. The fraction of sp³-hybridized carbons (Fsp3) is 0.909. The molecule has 0 spiro atoms. The lowest BCUT2D eigenvalue weighted by Gasteiger charge is -2.44. The molecule has 0 bridgehead atoms. The third-order valence-electron chi connectivity index (χ3n) is 3.74. The van der Waals surface area contributed by atoms with Crippen molar-refractivity contribution in [2.24, 2.45) is 5.41 Å². The fourth-order valence-electron chi connectivity index (χ4n) is 2.42. The van der Waals surface area contributed by atoms with Gasteiger partial charge >= 0.3 is 0 Å². The van der Waals surface area contributed by atoms with Crippen LogP contribution >= 0.6 is 11.8 Å². The van der Waals surface area contributed by atoms with Gasteiger partial charge in [-0.05, 0) is 19.3 Å². The van der Waals surface area contributed by atoms with E-state index in [1.54, 1.807) is 0 Å². The van der Waals surface area contributed by atoms with Gasteiger partial charge in [0.15, 0.2) is 0 Å². The third kappa shape index (κ3) is 1.67. The first-order valence-corrected chi connectivity index (χ1v) is 6.81. The normalized spacial score (nSPS) is 25.6. The van der Waals surface area contributed by atoms with Gasteiger partial charge in [-0.25, -0.2) is 0 Å². The molecule has 2 rings (SSSR count). The Bertz CT molecular complexity index is 214. The molecule has 2 aliphatic rings. The van der Waals surface area contributed by atoms with Crippen molar-refractivity contribution >= 4 is 17.7 Å². The summed E-state index contributed by atoms with van der Waals surface area (Å²) in [5.74, 6) is 2.71. The molecular weight excluding hydrogens is 194 g/mol. The van der Waals surface area contributed by atoms with Crippen molar-refractivity contribution in [2.75, 3.05) is 24.6 Å². The van der Waals surface area contributed by atoms with Crippen LogP contribution in [0.25, 0.3) is 0 Å². The molecule has 2 fully saturated rings. The first-order valence-electron chi connectivity index (χ1n) is 5.66. The molecule has 0 unspecified atom stereocenters. The molecular formula is C11H19NOS. The molecule has 0 aromatic carbocycles. The standard InChI is InChI=1S/C11H19NOS/c1-2-11(4-3-5-11)10(13)12-6-8-14-9-7-12/h2-9H2,1H3. The minimum Gasteiger partial charge on any atom is -0.341 e. The molecule has 2 nitrogen and oxygen atoms in total. The van der Waals surface area contributed by atoms with E-state index in [-0.39, 0.29) is 5.41 Å². The zero-order valence-electron chi connectivity index (χ0n) is 8.92. The summed E-state index contributed by atoms with van der Waals surface area (Å²) in [5, 5.41) is 0. The third-order valence-corrected chi connectivity index (χ3v) is 4.68. The SMILES string of the molecule is CCC1(C(=O)N2CCSCC2)CCC1. The zero-order valence-corrected chi connectivity index (χ0v) is 9.74. The van der Waals surface area contributed by atoms with Gasteiger partial charge in [-0.15, -0.1) is 0 Å². The van der Waals surface area contributed by atoms with Crippen molar-refractivity contribution in [3.05, 3.63) is 0 Å². The largest absolute Gasteiger partial charge is 0.341 e. The molecule has 1 heterocycles. The average Bonchev–Trinajstić information content (AvgIpc) is 2.18. The number of hydrogen-bond donors (Lipinski definition) is 0. The lowest BCUT2D eigenvalue weighted by molar-refractivity contribution is -0.147. The minimum absolute atomic E-state index is 0.0575. The highest BCUT2D eigenvalue weighted by atomic mass is 32.2. The van der Waals surface area contributed by atoms with Gasteiger partial charge in [-0.2, -0.15) is 11.8 Å². The Kier molecular flexibility index (Phi) is 3.05. The summed E-state index contributed by atoms with van der Waals surface area (Å²) in [4.78, 5) is 14.3. The lowest BCUT2D eigenvalue weighted by Crippen LogP contribution is -2.50. The molecule has 1 saturated heterocycles. The number of rotatable bonds is 2. The van der Waals surface area contributed by atoms with Crippen LogP contribution in [0.3, 0.4) is 0 Å². The summed E-state index contributed by atoms with van der Waals surface area (Å²) in [7, 11) is 0. The highest BCUT2D eigenvalue weighted by molar-refractivity contribution is 7.99. The molecule has 14 heavy (non-hydrogen) atoms. The molecule has 1 amide bonds. The second-order valence-corrected chi connectivity index (χ2v) is 5.62. The maximum Gasteiger partial charge on any atom is 0.228 e. The lowest BCUT2D eigenvalue weighted by atomic mass is 9.66. The predicted octanol–water partition coefficient (Wildman–Crippen LogP) is 2.14. The van der Waals surface area contributed by atoms with Crippen molar-refractivity contribution in [1.82, 2.24) is 4.90 Å². The van der Waals surface area contributed by atoms with Gasteiger partial charge in [0.1, 0.15) is 0 Å². The molecule has 3 heteroatoms. The van der Waals surface area contributed by atoms with Crippen LogP contribution in [-0.2, 0) is 4.79 Å². The molecule has 1 aliphatic carbocycles. The van der Waals surface area contributed by atoms with Crippen LogP contribution in [-0.4, -0.2) is 35.4 Å². The smallest absolute Gasteiger partial charge is 0.228 e. The summed E-state index contributed by atoms with van der Waals surface area (Å²) in [6.07, 6.45) is 4.55. The quantitative estimate of drug-likeness (QED) is 0.700. The van der Waals surface area contributed by atoms with Gasteiger partial charge in [-0.1, -0.05) is 13.3 Å². The van der Waals surface area contributed by atoms with Crippen LogP contribution in [0.5, 0.6) is 0 Å². The van der Waals surface area contributed by atoms with E-state index in [1.165, 1.54) is 6.42 Å². The van der Waals surface area contributed by atoms with Crippen molar-refractivity contribution < 1.29 is 4.79 Å². The van der Waals surface area contributed by atoms with Crippen LogP contribution in [0, 0.1) is 5.41 Å². The van der Waals surface area contributed by atoms with Crippen molar-refractivity contribution in [3.8, 4) is 0 Å². The minimum atomic E-state index is 0.0575. The Labute approximate surface area is 90.4 Å².